The molecule has 0 bridgehead atoms. The second kappa shape index (κ2) is 9.20. The molecule has 156 valence electrons. The van der Waals surface area contributed by atoms with E-state index in [0.717, 1.165) is 17.8 Å². The van der Waals surface area contributed by atoms with Crippen molar-refractivity contribution in [1.29, 1.82) is 0 Å². The Morgan fingerprint density at radius 2 is 1.83 bits per heavy atom. The molecular formula is C20H14ClF3N2O2S2. The summed E-state index contributed by atoms with van der Waals surface area (Å²) in [6.07, 6.45) is -3.19. The molecule has 1 saturated heterocycles. The van der Waals surface area contributed by atoms with Gasteiger partial charge in [0, 0.05) is 18.0 Å². The number of alkyl halides is 3. The first-order valence-electron chi connectivity index (χ1n) is 8.63. The van der Waals surface area contributed by atoms with Gasteiger partial charge < -0.3 is 5.32 Å². The second-order valence-electron chi connectivity index (χ2n) is 6.20. The van der Waals surface area contributed by atoms with Gasteiger partial charge in [0.1, 0.15) is 4.32 Å². The van der Waals surface area contributed by atoms with E-state index in [4.69, 9.17) is 23.8 Å². The van der Waals surface area contributed by atoms with E-state index in [2.05, 4.69) is 5.32 Å². The molecule has 30 heavy (non-hydrogen) atoms. The van der Waals surface area contributed by atoms with Crippen molar-refractivity contribution in [3.63, 3.8) is 0 Å². The van der Waals surface area contributed by atoms with Crippen molar-refractivity contribution in [2.75, 3.05) is 11.9 Å². The molecule has 2 aromatic carbocycles. The van der Waals surface area contributed by atoms with Crippen molar-refractivity contribution in [3.8, 4) is 0 Å². The standard InChI is InChI=1S/C20H14ClF3N2O2S2/c21-14-7-3-1-5-12(14)11-16-18(28)26(19(29)30-16)10-9-17(27)25-15-8-4-2-6-13(15)20(22,23)24/h1-8,11H,9-10H2,(H,25,27). The molecule has 0 aliphatic carbocycles. The van der Waals surface area contributed by atoms with Crippen LogP contribution < -0.4 is 5.32 Å². The van der Waals surface area contributed by atoms with E-state index >= 15 is 0 Å². The zero-order valence-corrected chi connectivity index (χ0v) is 17.6. The predicted molar refractivity (Wildman–Crippen MR) is 116 cm³/mol. The largest absolute Gasteiger partial charge is 0.418 e. The van der Waals surface area contributed by atoms with E-state index < -0.39 is 17.6 Å². The maximum Gasteiger partial charge on any atom is 0.418 e. The third kappa shape index (κ3) is 5.21. The van der Waals surface area contributed by atoms with E-state index in [0.29, 0.717) is 15.5 Å². The number of nitrogens with zero attached hydrogens (tertiary/aromatic N) is 1. The minimum absolute atomic E-state index is 0.0510. The number of carbonyl (C=O) groups is 2. The van der Waals surface area contributed by atoms with Crippen LogP contribution in [0.4, 0.5) is 18.9 Å². The lowest BCUT2D eigenvalue weighted by atomic mass is 10.1. The molecule has 1 aliphatic heterocycles. The van der Waals surface area contributed by atoms with Crippen LogP contribution in [-0.4, -0.2) is 27.6 Å². The molecule has 0 saturated carbocycles. The van der Waals surface area contributed by atoms with Crippen LogP contribution in [0, 0.1) is 0 Å². The number of thiocarbonyl (C=S) groups is 1. The highest BCUT2D eigenvalue weighted by Crippen LogP contribution is 2.35. The molecule has 0 aromatic heterocycles. The normalized spacial score (nSPS) is 15.7. The molecule has 0 unspecified atom stereocenters. The molecule has 0 spiro atoms. The topological polar surface area (TPSA) is 49.4 Å². The maximum atomic E-state index is 13.0. The van der Waals surface area contributed by atoms with Gasteiger partial charge in [-0.15, -0.1) is 0 Å². The van der Waals surface area contributed by atoms with Crippen LogP contribution in [-0.2, 0) is 15.8 Å². The molecule has 1 fully saturated rings. The fourth-order valence-electron chi connectivity index (χ4n) is 2.69. The molecule has 0 atom stereocenters. The average molecular weight is 471 g/mol. The van der Waals surface area contributed by atoms with Gasteiger partial charge in [-0.05, 0) is 29.8 Å². The molecule has 10 heteroatoms. The monoisotopic (exact) mass is 470 g/mol. The van der Waals surface area contributed by atoms with Crippen LogP contribution in [0.1, 0.15) is 17.5 Å². The van der Waals surface area contributed by atoms with Gasteiger partial charge in [0.2, 0.25) is 5.91 Å². The summed E-state index contributed by atoms with van der Waals surface area (Å²) in [5.74, 6) is -1.04. The van der Waals surface area contributed by atoms with E-state index in [-0.39, 0.29) is 28.9 Å². The lowest BCUT2D eigenvalue weighted by Crippen LogP contribution is -2.31. The van der Waals surface area contributed by atoms with E-state index in [1.807, 2.05) is 0 Å². The smallest absolute Gasteiger partial charge is 0.325 e. The third-order valence-corrected chi connectivity index (χ3v) is 5.86. The van der Waals surface area contributed by atoms with Crippen LogP contribution in [0.3, 0.4) is 0 Å². The van der Waals surface area contributed by atoms with Gasteiger partial charge in [-0.1, -0.05) is 65.9 Å². The number of rotatable bonds is 5. The van der Waals surface area contributed by atoms with Gasteiger partial charge in [0.15, 0.2) is 0 Å². The van der Waals surface area contributed by atoms with E-state index in [1.165, 1.54) is 23.1 Å². The van der Waals surface area contributed by atoms with Crippen molar-refractivity contribution < 1.29 is 22.8 Å². The molecule has 0 radical (unpaired) electrons. The molecule has 1 N–H and O–H groups in total. The predicted octanol–water partition coefficient (Wildman–Crippen LogP) is 5.59. The van der Waals surface area contributed by atoms with Crippen molar-refractivity contribution in [2.45, 2.75) is 12.6 Å². The Morgan fingerprint density at radius 3 is 2.53 bits per heavy atom. The van der Waals surface area contributed by atoms with E-state index in [1.54, 1.807) is 30.3 Å². The number of carbonyl (C=O) groups excluding carboxylic acids is 2. The van der Waals surface area contributed by atoms with Crippen LogP contribution in [0.5, 0.6) is 0 Å². The Bertz CT molecular complexity index is 1040. The number of hydrogen-bond acceptors (Lipinski definition) is 4. The fourth-order valence-corrected chi connectivity index (χ4v) is 4.18. The first-order chi connectivity index (χ1) is 14.2. The minimum atomic E-state index is -4.59. The molecule has 4 nitrogen and oxygen atoms in total. The van der Waals surface area contributed by atoms with Crippen molar-refractivity contribution in [2.24, 2.45) is 0 Å². The van der Waals surface area contributed by atoms with E-state index in [9.17, 15) is 22.8 Å². The number of thioether (sulfide) groups is 1. The summed E-state index contributed by atoms with van der Waals surface area (Å²) < 4.78 is 39.4. The zero-order valence-electron chi connectivity index (χ0n) is 15.2. The first kappa shape index (κ1) is 22.3. The maximum absolute atomic E-state index is 13.0. The van der Waals surface area contributed by atoms with Crippen LogP contribution >= 0.6 is 35.6 Å². The molecule has 2 aromatic rings. The van der Waals surface area contributed by atoms with Gasteiger partial charge in [0.05, 0.1) is 16.2 Å². The SMILES string of the molecule is O=C(CCN1C(=O)C(=Cc2ccccc2Cl)SC1=S)Nc1ccccc1C(F)(F)F. The molecular weight excluding hydrogens is 457 g/mol. The van der Waals surface area contributed by atoms with Gasteiger partial charge in [0.25, 0.3) is 5.91 Å². The first-order valence-corrected chi connectivity index (χ1v) is 10.2. The quantitative estimate of drug-likeness (QED) is 0.457. The Morgan fingerprint density at radius 1 is 1.17 bits per heavy atom. The van der Waals surface area contributed by atoms with Gasteiger partial charge in [-0.2, -0.15) is 13.2 Å². The number of halogens is 4. The van der Waals surface area contributed by atoms with Gasteiger partial charge >= 0.3 is 6.18 Å². The number of amides is 2. The summed E-state index contributed by atoms with van der Waals surface area (Å²) in [4.78, 5) is 26.4. The lowest BCUT2D eigenvalue weighted by Gasteiger charge is -2.16. The summed E-state index contributed by atoms with van der Waals surface area (Å²) in [6.45, 7) is -0.0510. The number of anilines is 1. The Labute approximate surface area is 185 Å². The highest BCUT2D eigenvalue weighted by atomic mass is 35.5. The summed E-state index contributed by atoms with van der Waals surface area (Å²) in [5.41, 5.74) is -0.619. The van der Waals surface area contributed by atoms with Crippen LogP contribution in [0.15, 0.2) is 53.4 Å². The van der Waals surface area contributed by atoms with Crippen molar-refractivity contribution in [3.05, 3.63) is 69.6 Å². The Hall–Kier alpha value is -2.36. The van der Waals surface area contributed by atoms with Crippen molar-refractivity contribution in [1.82, 2.24) is 4.90 Å². The van der Waals surface area contributed by atoms with Crippen molar-refractivity contribution >= 4 is 63.5 Å². The molecule has 2 amide bonds. The number of nitrogens with one attached hydrogen (secondary N) is 1. The molecule has 1 aliphatic rings. The minimum Gasteiger partial charge on any atom is -0.325 e. The molecule has 3 rings (SSSR count). The lowest BCUT2D eigenvalue weighted by molar-refractivity contribution is -0.137. The number of para-hydroxylation sites is 1. The number of benzene rings is 2. The molecule has 1 heterocycles. The second-order valence-corrected chi connectivity index (χ2v) is 8.28. The third-order valence-electron chi connectivity index (χ3n) is 4.13. The Balaban J connectivity index is 1.65. The summed E-state index contributed by atoms with van der Waals surface area (Å²) in [5, 5.41) is 2.73. The van der Waals surface area contributed by atoms with Gasteiger partial charge in [-0.3, -0.25) is 14.5 Å². The summed E-state index contributed by atoms with van der Waals surface area (Å²) in [7, 11) is 0. The highest BCUT2D eigenvalue weighted by Gasteiger charge is 2.34. The number of hydrogen-bond donors (Lipinski definition) is 1. The highest BCUT2D eigenvalue weighted by molar-refractivity contribution is 8.26. The zero-order chi connectivity index (χ0) is 21.9. The average Bonchev–Trinajstić information content (AvgIpc) is 2.94. The fraction of sp³-hybridized carbons (Fsp3) is 0.150. The van der Waals surface area contributed by atoms with Crippen LogP contribution in [0.25, 0.3) is 6.08 Å². The Kier molecular flexibility index (Phi) is 6.84. The summed E-state index contributed by atoms with van der Waals surface area (Å²) >= 11 is 12.4. The van der Waals surface area contributed by atoms with Gasteiger partial charge in [-0.25, -0.2) is 0 Å². The summed E-state index contributed by atoms with van der Waals surface area (Å²) in [6, 6.07) is 11.7. The van der Waals surface area contributed by atoms with Crippen LogP contribution in [0.2, 0.25) is 5.02 Å².